The van der Waals surface area contributed by atoms with E-state index in [1.807, 2.05) is 12.3 Å². The molecule has 1 aliphatic heterocycles. The maximum atomic E-state index is 5.63. The molecule has 0 aromatic heterocycles. The lowest BCUT2D eigenvalue weighted by Crippen LogP contribution is -2.46. The molecule has 0 N–H and O–H groups in total. The van der Waals surface area contributed by atoms with Gasteiger partial charge in [0.2, 0.25) is 0 Å². The Morgan fingerprint density at radius 3 is 2.58 bits per heavy atom. The second-order valence-corrected chi connectivity index (χ2v) is 4.28. The maximum Gasteiger partial charge on any atom is 0.199 e. The Hall–Kier alpha value is -0.790. The molecule has 3 fully saturated rings. The molecule has 2 bridgehead atoms. The van der Waals surface area contributed by atoms with Crippen LogP contribution in [0.1, 0.15) is 25.7 Å². The van der Waals surface area contributed by atoms with E-state index in [0.29, 0.717) is 0 Å². The first-order valence-corrected chi connectivity index (χ1v) is 4.74. The summed E-state index contributed by atoms with van der Waals surface area (Å²) in [5.41, 5.74) is -0.138. The van der Waals surface area contributed by atoms with Gasteiger partial charge in [0.05, 0.1) is 6.26 Å². The summed E-state index contributed by atoms with van der Waals surface area (Å²) in [5.74, 6) is 1.79. The topological polar surface area (TPSA) is 21.6 Å². The Balaban J connectivity index is 1.83. The number of hydrogen-bond donors (Lipinski definition) is 0. The number of allylic oxidation sites excluding steroid dienone is 1. The fourth-order valence-electron chi connectivity index (χ4n) is 2.80. The molecule has 2 heteroatoms. The van der Waals surface area contributed by atoms with Gasteiger partial charge >= 0.3 is 0 Å². The van der Waals surface area contributed by atoms with Crippen LogP contribution in [0.4, 0.5) is 0 Å². The van der Waals surface area contributed by atoms with Crippen LogP contribution in [-0.4, -0.2) is 11.9 Å². The summed E-state index contributed by atoms with van der Waals surface area (Å²) in [6.07, 6.45) is 10.7. The number of nitrogens with zero attached hydrogens (tertiary/aromatic N) is 1. The molecule has 0 unspecified atom stereocenters. The monoisotopic (exact) mass is 163 g/mol. The van der Waals surface area contributed by atoms with Crippen molar-refractivity contribution in [3.63, 3.8) is 0 Å². The Labute approximate surface area is 72.3 Å². The van der Waals surface area contributed by atoms with Crippen LogP contribution >= 0.6 is 0 Å². The number of hydrogen-bond acceptors (Lipinski definition) is 2. The fourth-order valence-corrected chi connectivity index (χ4v) is 2.80. The summed E-state index contributed by atoms with van der Waals surface area (Å²) in [5, 5.41) is 0. The van der Waals surface area contributed by atoms with Gasteiger partial charge < -0.3 is 4.74 Å². The summed E-state index contributed by atoms with van der Waals surface area (Å²) < 4.78 is 5.63. The predicted octanol–water partition coefficient (Wildman–Crippen LogP) is 2.12. The highest BCUT2D eigenvalue weighted by molar-refractivity contribution is 5.71. The molecule has 3 aliphatic carbocycles. The summed E-state index contributed by atoms with van der Waals surface area (Å²) in [7, 11) is 0. The van der Waals surface area contributed by atoms with Crippen LogP contribution in [0.5, 0.6) is 0 Å². The van der Waals surface area contributed by atoms with Crippen molar-refractivity contribution in [2.45, 2.75) is 31.4 Å². The van der Waals surface area contributed by atoms with E-state index in [9.17, 15) is 0 Å². The Morgan fingerprint density at radius 2 is 2.00 bits per heavy atom. The first kappa shape index (κ1) is 6.70. The average molecular weight is 163 g/mol. The highest BCUT2D eigenvalue weighted by Gasteiger charge is 2.48. The molecule has 2 nitrogen and oxygen atoms in total. The van der Waals surface area contributed by atoms with Crippen LogP contribution in [0.3, 0.4) is 0 Å². The van der Waals surface area contributed by atoms with E-state index >= 15 is 0 Å². The van der Waals surface area contributed by atoms with Crippen LogP contribution in [0.2, 0.25) is 0 Å². The molecular formula is C10H13NO. The normalized spacial score (nSPS) is 48.7. The van der Waals surface area contributed by atoms with Gasteiger partial charge in [-0.25, -0.2) is 4.99 Å². The smallest absolute Gasteiger partial charge is 0.199 e. The zero-order valence-electron chi connectivity index (χ0n) is 7.07. The highest BCUT2D eigenvalue weighted by Crippen LogP contribution is 2.52. The lowest BCUT2D eigenvalue weighted by Gasteiger charge is -2.49. The van der Waals surface area contributed by atoms with E-state index in [4.69, 9.17) is 4.74 Å². The van der Waals surface area contributed by atoms with Crippen LogP contribution < -0.4 is 0 Å². The van der Waals surface area contributed by atoms with Crippen molar-refractivity contribution in [2.75, 3.05) is 0 Å². The number of rotatable bonds is 0. The zero-order chi connectivity index (χ0) is 8.02. The molecule has 0 saturated heterocycles. The van der Waals surface area contributed by atoms with Crippen molar-refractivity contribution in [3.05, 3.63) is 12.3 Å². The van der Waals surface area contributed by atoms with E-state index < -0.39 is 0 Å². The minimum absolute atomic E-state index is 0.138. The molecule has 3 saturated carbocycles. The van der Waals surface area contributed by atoms with Gasteiger partial charge in [-0.15, -0.1) is 0 Å². The fraction of sp³-hybridized carbons (Fsp3) is 0.700. The van der Waals surface area contributed by atoms with Gasteiger partial charge in [0.25, 0.3) is 0 Å². The molecular weight excluding hydrogens is 150 g/mol. The van der Waals surface area contributed by atoms with Gasteiger partial charge in [-0.3, -0.25) is 0 Å². The minimum atomic E-state index is -0.138. The van der Waals surface area contributed by atoms with E-state index in [-0.39, 0.29) is 5.72 Å². The predicted molar refractivity (Wildman–Crippen MR) is 46.9 cm³/mol. The third-order valence-corrected chi connectivity index (χ3v) is 3.31. The summed E-state index contributed by atoms with van der Waals surface area (Å²) in [6, 6.07) is 0. The van der Waals surface area contributed by atoms with Gasteiger partial charge in [-0.2, -0.15) is 0 Å². The molecule has 12 heavy (non-hydrogen) atoms. The first-order chi connectivity index (χ1) is 5.86. The minimum Gasteiger partial charge on any atom is -0.474 e. The van der Waals surface area contributed by atoms with Gasteiger partial charge in [0.15, 0.2) is 5.72 Å². The quantitative estimate of drug-likeness (QED) is 0.536. The van der Waals surface area contributed by atoms with Crippen molar-refractivity contribution in [1.82, 2.24) is 0 Å². The molecule has 64 valence electrons. The number of ether oxygens (including phenoxy) is 1. The lowest BCUT2D eigenvalue weighted by atomic mass is 9.62. The summed E-state index contributed by atoms with van der Waals surface area (Å²) in [6.45, 7) is 0. The van der Waals surface area contributed by atoms with Crippen LogP contribution in [-0.2, 0) is 4.74 Å². The standard InChI is InChI=1S/C10H13NO/c1-2-11-10(12-3-1)6-8-4-9(5-8)7-10/h1-3,8-9H,4-7H2. The first-order valence-electron chi connectivity index (χ1n) is 4.74. The van der Waals surface area contributed by atoms with Crippen molar-refractivity contribution in [2.24, 2.45) is 16.8 Å². The van der Waals surface area contributed by atoms with Crippen LogP contribution in [0.15, 0.2) is 17.3 Å². The van der Waals surface area contributed by atoms with Gasteiger partial charge in [-0.05, 0) is 30.8 Å². The maximum absolute atomic E-state index is 5.63. The molecule has 0 aromatic carbocycles. The van der Waals surface area contributed by atoms with Gasteiger partial charge in [0.1, 0.15) is 0 Å². The lowest BCUT2D eigenvalue weighted by molar-refractivity contribution is -0.0888. The van der Waals surface area contributed by atoms with Crippen LogP contribution in [0.25, 0.3) is 0 Å². The molecule has 0 radical (unpaired) electrons. The Kier molecular flexibility index (Phi) is 1.18. The third-order valence-electron chi connectivity index (χ3n) is 3.31. The van der Waals surface area contributed by atoms with Crippen molar-refractivity contribution in [3.8, 4) is 0 Å². The number of aliphatic imine (C=N–C) groups is 1. The summed E-state index contributed by atoms with van der Waals surface area (Å²) in [4.78, 5) is 4.47. The van der Waals surface area contributed by atoms with Crippen molar-refractivity contribution < 1.29 is 4.74 Å². The summed E-state index contributed by atoms with van der Waals surface area (Å²) >= 11 is 0. The van der Waals surface area contributed by atoms with Crippen molar-refractivity contribution >= 4 is 6.21 Å². The average Bonchev–Trinajstić information content (AvgIpc) is 2.03. The molecule has 1 heterocycles. The Bertz CT molecular complexity index is 241. The molecule has 4 rings (SSSR count). The highest BCUT2D eigenvalue weighted by atomic mass is 16.5. The van der Waals surface area contributed by atoms with Gasteiger partial charge in [-0.1, -0.05) is 0 Å². The molecule has 0 atom stereocenters. The molecule has 1 spiro atoms. The largest absolute Gasteiger partial charge is 0.474 e. The van der Waals surface area contributed by atoms with Crippen LogP contribution in [0, 0.1) is 11.8 Å². The van der Waals surface area contributed by atoms with Gasteiger partial charge in [0, 0.05) is 19.1 Å². The van der Waals surface area contributed by atoms with Crippen molar-refractivity contribution in [1.29, 1.82) is 0 Å². The second-order valence-electron chi connectivity index (χ2n) is 4.28. The molecule has 4 aliphatic rings. The van der Waals surface area contributed by atoms with E-state index in [2.05, 4.69) is 4.99 Å². The molecule has 0 aromatic rings. The van der Waals surface area contributed by atoms with E-state index in [1.165, 1.54) is 12.8 Å². The second kappa shape index (κ2) is 2.12. The zero-order valence-corrected chi connectivity index (χ0v) is 7.07. The van der Waals surface area contributed by atoms with E-state index in [0.717, 1.165) is 24.7 Å². The molecule has 0 amide bonds. The van der Waals surface area contributed by atoms with E-state index in [1.54, 1.807) is 6.26 Å². The third kappa shape index (κ3) is 0.838. The Morgan fingerprint density at radius 1 is 1.25 bits per heavy atom. The SMILES string of the molecule is C1=COC2(CC3CC(C3)C2)N=C1.